The molecule has 0 spiro atoms. The summed E-state index contributed by atoms with van der Waals surface area (Å²) in [6, 6.07) is -0.193. The molecule has 5 nitrogen and oxygen atoms in total. The van der Waals surface area contributed by atoms with Crippen molar-refractivity contribution in [1.82, 2.24) is 4.31 Å². The van der Waals surface area contributed by atoms with Gasteiger partial charge in [-0.25, -0.2) is 8.42 Å². The smallest absolute Gasteiger partial charge is 0.216 e. The normalized spacial score (nSPS) is 14.6. The Morgan fingerprint density at radius 3 is 2.43 bits per heavy atom. The maximum absolute atomic E-state index is 11.6. The first-order valence-corrected chi connectivity index (χ1v) is 6.19. The van der Waals surface area contributed by atoms with E-state index in [9.17, 15) is 8.42 Å². The minimum Gasteiger partial charge on any atom is -0.395 e. The Morgan fingerprint density at radius 1 is 1.50 bits per heavy atom. The van der Waals surface area contributed by atoms with Gasteiger partial charge in [-0.05, 0) is 6.92 Å². The molecule has 0 aliphatic carbocycles. The average Bonchev–Trinajstić information content (AvgIpc) is 2.04. The van der Waals surface area contributed by atoms with Crippen molar-refractivity contribution < 1.29 is 18.3 Å². The number of likely N-dealkylation sites (N-methyl/N-ethyl adjacent to an activating group) is 1. The lowest BCUT2D eigenvalue weighted by Gasteiger charge is -2.26. The molecule has 0 amide bonds. The van der Waals surface area contributed by atoms with Crippen LogP contribution in [-0.2, 0) is 14.8 Å². The molecule has 0 fully saturated rings. The predicted molar refractivity (Wildman–Crippen MR) is 54.6 cm³/mol. The number of aliphatic hydroxyl groups is 1. The Bertz CT molecular complexity index is 240. The molecule has 1 N–H and O–H groups in total. The number of hydrogen-bond acceptors (Lipinski definition) is 4. The molecule has 86 valence electrons. The zero-order chi connectivity index (χ0) is 11.2. The summed E-state index contributed by atoms with van der Waals surface area (Å²) in [7, 11) is -1.81. The molecular formula is C8H19NO4S. The second-order valence-electron chi connectivity index (χ2n) is 3.05. The topological polar surface area (TPSA) is 66.8 Å². The predicted octanol–water partition coefficient (Wildman–Crippen LogP) is -0.335. The molecule has 0 aromatic carbocycles. The molecular weight excluding hydrogens is 206 g/mol. The van der Waals surface area contributed by atoms with E-state index in [0.29, 0.717) is 13.2 Å². The van der Waals surface area contributed by atoms with Gasteiger partial charge in [-0.3, -0.25) is 0 Å². The van der Waals surface area contributed by atoms with E-state index < -0.39 is 10.0 Å². The average molecular weight is 225 g/mol. The molecule has 0 heterocycles. The highest BCUT2D eigenvalue weighted by Gasteiger charge is 2.24. The van der Waals surface area contributed by atoms with E-state index in [1.807, 2.05) is 0 Å². The minimum absolute atomic E-state index is 0.193. The fraction of sp³-hybridized carbons (Fsp3) is 1.00. The van der Waals surface area contributed by atoms with Crippen LogP contribution in [0.2, 0.25) is 0 Å². The van der Waals surface area contributed by atoms with Gasteiger partial charge in [0.15, 0.2) is 0 Å². The monoisotopic (exact) mass is 225 g/mol. The number of hydrogen-bond donors (Lipinski definition) is 1. The Hall–Kier alpha value is -0.170. The molecule has 0 aromatic rings. The van der Waals surface area contributed by atoms with Crippen LogP contribution in [0.5, 0.6) is 0 Å². The third kappa shape index (κ3) is 3.91. The van der Waals surface area contributed by atoms with Crippen molar-refractivity contribution in [2.24, 2.45) is 0 Å². The number of aliphatic hydroxyl groups excluding tert-OH is 1. The van der Waals surface area contributed by atoms with Gasteiger partial charge in [0.25, 0.3) is 0 Å². The van der Waals surface area contributed by atoms with Gasteiger partial charge in [0, 0.05) is 19.7 Å². The van der Waals surface area contributed by atoms with Gasteiger partial charge in [-0.2, -0.15) is 4.31 Å². The molecule has 0 rings (SSSR count). The van der Waals surface area contributed by atoms with E-state index in [4.69, 9.17) is 9.84 Å². The van der Waals surface area contributed by atoms with Crippen molar-refractivity contribution in [2.75, 3.05) is 32.6 Å². The van der Waals surface area contributed by atoms with E-state index in [-0.39, 0.29) is 18.4 Å². The van der Waals surface area contributed by atoms with Crippen LogP contribution in [0.15, 0.2) is 0 Å². The second-order valence-corrected chi connectivity index (χ2v) is 5.09. The molecule has 0 radical (unpaired) electrons. The number of sulfonamides is 1. The third-order valence-electron chi connectivity index (χ3n) is 1.92. The molecule has 6 heteroatoms. The van der Waals surface area contributed by atoms with Gasteiger partial charge < -0.3 is 9.84 Å². The summed E-state index contributed by atoms with van der Waals surface area (Å²) < 4.78 is 29.4. The summed E-state index contributed by atoms with van der Waals surface area (Å²) >= 11 is 0. The van der Waals surface area contributed by atoms with Crippen LogP contribution in [0.3, 0.4) is 0 Å². The van der Waals surface area contributed by atoms with Crippen LogP contribution in [0.4, 0.5) is 0 Å². The van der Waals surface area contributed by atoms with Gasteiger partial charge in [-0.1, -0.05) is 6.92 Å². The van der Waals surface area contributed by atoms with E-state index in [1.54, 1.807) is 13.8 Å². The highest BCUT2D eigenvalue weighted by molar-refractivity contribution is 7.89. The van der Waals surface area contributed by atoms with Crippen molar-refractivity contribution in [3.8, 4) is 0 Å². The summed E-state index contributed by atoms with van der Waals surface area (Å²) in [5.74, 6) is -0.227. The van der Waals surface area contributed by atoms with Crippen LogP contribution in [0.25, 0.3) is 0 Å². The molecule has 1 unspecified atom stereocenters. The van der Waals surface area contributed by atoms with E-state index in [0.717, 1.165) is 0 Å². The lowest BCUT2D eigenvalue weighted by atomic mass is 10.4. The van der Waals surface area contributed by atoms with Crippen LogP contribution < -0.4 is 0 Å². The van der Waals surface area contributed by atoms with Crippen molar-refractivity contribution in [1.29, 1.82) is 0 Å². The van der Waals surface area contributed by atoms with Crippen LogP contribution >= 0.6 is 0 Å². The summed E-state index contributed by atoms with van der Waals surface area (Å²) in [6.07, 6.45) is 0. The summed E-state index contributed by atoms with van der Waals surface area (Å²) in [6.45, 7) is 3.95. The van der Waals surface area contributed by atoms with Gasteiger partial charge in [-0.15, -0.1) is 0 Å². The lowest BCUT2D eigenvalue weighted by Crippen LogP contribution is -2.42. The Labute approximate surface area is 85.7 Å². The number of nitrogens with zero attached hydrogens (tertiary/aromatic N) is 1. The lowest BCUT2D eigenvalue weighted by molar-refractivity contribution is 0.142. The minimum atomic E-state index is -3.34. The van der Waals surface area contributed by atoms with E-state index in [2.05, 4.69) is 0 Å². The van der Waals surface area contributed by atoms with Crippen LogP contribution in [0.1, 0.15) is 13.8 Å². The Morgan fingerprint density at radius 2 is 2.07 bits per heavy atom. The van der Waals surface area contributed by atoms with Crippen LogP contribution in [0, 0.1) is 0 Å². The maximum atomic E-state index is 11.6. The molecule has 1 atom stereocenters. The molecule has 0 saturated heterocycles. The molecule has 0 saturated carbocycles. The Balaban J connectivity index is 4.54. The molecule has 0 bridgehead atoms. The largest absolute Gasteiger partial charge is 0.395 e. The first-order chi connectivity index (χ1) is 6.49. The quantitative estimate of drug-likeness (QED) is 0.644. The maximum Gasteiger partial charge on any atom is 0.216 e. The van der Waals surface area contributed by atoms with Crippen molar-refractivity contribution in [2.45, 2.75) is 19.9 Å². The van der Waals surface area contributed by atoms with Crippen molar-refractivity contribution >= 4 is 10.0 Å². The summed E-state index contributed by atoms with van der Waals surface area (Å²) in [5, 5.41) is 8.62. The van der Waals surface area contributed by atoms with Gasteiger partial charge in [0.1, 0.15) is 0 Å². The van der Waals surface area contributed by atoms with Gasteiger partial charge in [0.2, 0.25) is 10.0 Å². The van der Waals surface area contributed by atoms with E-state index in [1.165, 1.54) is 11.4 Å². The fourth-order valence-electron chi connectivity index (χ4n) is 1.34. The second kappa shape index (κ2) is 6.34. The zero-order valence-electron chi connectivity index (χ0n) is 8.93. The number of rotatable bonds is 7. The molecule has 0 aliphatic rings. The Kier molecular flexibility index (Phi) is 6.26. The molecule has 0 aromatic heterocycles. The van der Waals surface area contributed by atoms with Gasteiger partial charge >= 0.3 is 0 Å². The number of ether oxygens (including phenoxy) is 1. The van der Waals surface area contributed by atoms with Crippen LogP contribution in [-0.4, -0.2) is 56.5 Å². The van der Waals surface area contributed by atoms with Gasteiger partial charge in [0.05, 0.1) is 19.0 Å². The molecule has 0 aliphatic heterocycles. The van der Waals surface area contributed by atoms with Crippen molar-refractivity contribution in [3.63, 3.8) is 0 Å². The SMILES string of the molecule is CCN(C(C)COC)S(=O)(=O)CCO. The highest BCUT2D eigenvalue weighted by Crippen LogP contribution is 2.07. The fourth-order valence-corrected chi connectivity index (χ4v) is 2.81. The highest BCUT2D eigenvalue weighted by atomic mass is 32.2. The first-order valence-electron chi connectivity index (χ1n) is 4.58. The third-order valence-corrected chi connectivity index (χ3v) is 3.95. The zero-order valence-corrected chi connectivity index (χ0v) is 9.75. The number of methoxy groups -OCH3 is 1. The standard InChI is InChI=1S/C8H19NO4S/c1-4-9(8(2)7-13-3)14(11,12)6-5-10/h8,10H,4-7H2,1-3H3. The van der Waals surface area contributed by atoms with Crippen molar-refractivity contribution in [3.05, 3.63) is 0 Å². The van der Waals surface area contributed by atoms with E-state index >= 15 is 0 Å². The summed E-state index contributed by atoms with van der Waals surface area (Å²) in [5.41, 5.74) is 0. The molecule has 14 heavy (non-hydrogen) atoms. The first kappa shape index (κ1) is 13.8. The summed E-state index contributed by atoms with van der Waals surface area (Å²) in [4.78, 5) is 0.